The lowest BCUT2D eigenvalue weighted by Gasteiger charge is -2.02. The highest BCUT2D eigenvalue weighted by Gasteiger charge is 1.98. The minimum atomic E-state index is -0.332. The second kappa shape index (κ2) is 4.62. The van der Waals surface area contributed by atoms with Gasteiger partial charge in [0.05, 0.1) is 0 Å². The lowest BCUT2D eigenvalue weighted by atomic mass is 10.1. The third-order valence-electron chi connectivity index (χ3n) is 1.56. The van der Waals surface area contributed by atoms with Crippen molar-refractivity contribution in [1.82, 2.24) is 0 Å². The molecule has 1 aromatic carbocycles. The predicted molar refractivity (Wildman–Crippen MR) is 48.5 cm³/mol. The number of ether oxygens (including phenoxy) is 1. The Morgan fingerprint density at radius 2 is 2.31 bits per heavy atom. The van der Waals surface area contributed by atoms with E-state index in [0.717, 1.165) is 5.56 Å². The van der Waals surface area contributed by atoms with Crippen molar-refractivity contribution in [3.63, 3.8) is 0 Å². The lowest BCUT2D eigenvalue weighted by molar-refractivity contribution is -0.131. The highest BCUT2D eigenvalue weighted by molar-refractivity contribution is 5.69. The van der Waals surface area contributed by atoms with Crippen LogP contribution in [0.4, 0.5) is 0 Å². The van der Waals surface area contributed by atoms with Crippen LogP contribution in [0.3, 0.4) is 0 Å². The normalized spacial score (nSPS) is 9.69. The highest BCUT2D eigenvalue weighted by atomic mass is 16.5. The zero-order valence-electron chi connectivity index (χ0n) is 7.49. The van der Waals surface area contributed by atoms with Crippen LogP contribution in [-0.2, 0) is 11.2 Å². The number of aliphatic hydroxyl groups excluding tert-OH is 1. The van der Waals surface area contributed by atoms with E-state index in [1.807, 2.05) is 6.07 Å². The summed E-state index contributed by atoms with van der Waals surface area (Å²) in [6.07, 6.45) is 0.578. The number of benzene rings is 1. The van der Waals surface area contributed by atoms with Gasteiger partial charge in [-0.1, -0.05) is 12.1 Å². The number of carbonyl (C=O) groups excluding carboxylic acids is 1. The van der Waals surface area contributed by atoms with Gasteiger partial charge in [-0.25, -0.2) is 0 Å². The van der Waals surface area contributed by atoms with Gasteiger partial charge in [-0.2, -0.15) is 0 Å². The number of hydrogen-bond donors (Lipinski definition) is 1. The van der Waals surface area contributed by atoms with E-state index < -0.39 is 0 Å². The van der Waals surface area contributed by atoms with Gasteiger partial charge in [-0.15, -0.1) is 0 Å². The topological polar surface area (TPSA) is 46.5 Å². The molecule has 0 aliphatic rings. The second-order valence-electron chi connectivity index (χ2n) is 2.71. The minimum Gasteiger partial charge on any atom is -0.427 e. The van der Waals surface area contributed by atoms with E-state index in [1.54, 1.807) is 18.2 Å². The van der Waals surface area contributed by atoms with Crippen molar-refractivity contribution in [3.05, 3.63) is 29.8 Å². The first kappa shape index (κ1) is 9.74. The standard InChI is InChI=1S/C10H12O3/c1-8(12)13-10-4-2-3-9(7-10)5-6-11/h2-4,7,11H,5-6H2,1H3. The van der Waals surface area contributed by atoms with Crippen LogP contribution in [-0.4, -0.2) is 17.7 Å². The fourth-order valence-corrected chi connectivity index (χ4v) is 1.06. The molecule has 0 saturated heterocycles. The molecule has 0 saturated carbocycles. The van der Waals surface area contributed by atoms with Crippen LogP contribution < -0.4 is 4.74 Å². The van der Waals surface area contributed by atoms with Crippen molar-refractivity contribution >= 4 is 5.97 Å². The molecule has 0 aliphatic heterocycles. The molecule has 3 heteroatoms. The van der Waals surface area contributed by atoms with Crippen LogP contribution in [0, 0.1) is 0 Å². The van der Waals surface area contributed by atoms with Crippen molar-refractivity contribution in [2.75, 3.05) is 6.61 Å². The van der Waals surface area contributed by atoms with Crippen LogP contribution in [0.15, 0.2) is 24.3 Å². The Morgan fingerprint density at radius 1 is 1.54 bits per heavy atom. The molecule has 1 N–H and O–H groups in total. The van der Waals surface area contributed by atoms with E-state index in [1.165, 1.54) is 6.92 Å². The molecule has 1 rings (SSSR count). The summed E-state index contributed by atoms with van der Waals surface area (Å²) in [5, 5.41) is 8.68. The number of hydrogen-bond acceptors (Lipinski definition) is 3. The van der Waals surface area contributed by atoms with Gasteiger partial charge in [0, 0.05) is 13.5 Å². The third-order valence-corrected chi connectivity index (χ3v) is 1.56. The Labute approximate surface area is 77.0 Å². The Hall–Kier alpha value is -1.35. The molecule has 0 heterocycles. The van der Waals surface area contributed by atoms with Gasteiger partial charge in [-0.05, 0) is 24.1 Å². The second-order valence-corrected chi connectivity index (χ2v) is 2.71. The first-order valence-electron chi connectivity index (χ1n) is 4.10. The monoisotopic (exact) mass is 180 g/mol. The minimum absolute atomic E-state index is 0.101. The Bertz CT molecular complexity index is 294. The maximum atomic E-state index is 10.6. The van der Waals surface area contributed by atoms with E-state index >= 15 is 0 Å². The van der Waals surface area contributed by atoms with Crippen molar-refractivity contribution in [1.29, 1.82) is 0 Å². The molecule has 0 radical (unpaired) electrons. The van der Waals surface area contributed by atoms with Gasteiger partial charge in [0.1, 0.15) is 5.75 Å². The Kier molecular flexibility index (Phi) is 3.46. The van der Waals surface area contributed by atoms with Gasteiger partial charge < -0.3 is 9.84 Å². The summed E-state index contributed by atoms with van der Waals surface area (Å²) in [5.41, 5.74) is 0.959. The van der Waals surface area contributed by atoms with E-state index in [0.29, 0.717) is 12.2 Å². The molecule has 0 amide bonds. The third kappa shape index (κ3) is 3.25. The first-order chi connectivity index (χ1) is 6.22. The Morgan fingerprint density at radius 3 is 2.92 bits per heavy atom. The smallest absolute Gasteiger partial charge is 0.308 e. The molecule has 0 aliphatic carbocycles. The fraction of sp³-hybridized carbons (Fsp3) is 0.300. The summed E-state index contributed by atoms with van der Waals surface area (Å²) >= 11 is 0. The average Bonchev–Trinajstić information content (AvgIpc) is 2.04. The molecule has 70 valence electrons. The molecule has 0 aromatic heterocycles. The van der Waals surface area contributed by atoms with Gasteiger partial charge in [0.15, 0.2) is 0 Å². The predicted octanol–water partition coefficient (Wildman–Crippen LogP) is 1.15. The van der Waals surface area contributed by atoms with Gasteiger partial charge in [-0.3, -0.25) is 4.79 Å². The maximum Gasteiger partial charge on any atom is 0.308 e. The largest absolute Gasteiger partial charge is 0.427 e. The summed E-state index contributed by atoms with van der Waals surface area (Å²) in [5.74, 6) is 0.194. The summed E-state index contributed by atoms with van der Waals surface area (Å²) in [4.78, 5) is 10.6. The van der Waals surface area contributed by atoms with E-state index in [9.17, 15) is 4.79 Å². The molecular weight excluding hydrogens is 168 g/mol. The number of carbonyl (C=O) groups is 1. The van der Waals surface area contributed by atoms with Gasteiger partial charge in [0.25, 0.3) is 0 Å². The van der Waals surface area contributed by atoms with Gasteiger partial charge in [0.2, 0.25) is 0 Å². The average molecular weight is 180 g/mol. The van der Waals surface area contributed by atoms with E-state index in [2.05, 4.69) is 0 Å². The molecular formula is C10H12O3. The van der Waals surface area contributed by atoms with Crippen LogP contribution in [0.25, 0.3) is 0 Å². The van der Waals surface area contributed by atoms with Crippen LogP contribution in [0.1, 0.15) is 12.5 Å². The van der Waals surface area contributed by atoms with Crippen molar-refractivity contribution in [2.45, 2.75) is 13.3 Å². The lowest BCUT2D eigenvalue weighted by Crippen LogP contribution is -2.01. The van der Waals surface area contributed by atoms with E-state index in [-0.39, 0.29) is 12.6 Å². The van der Waals surface area contributed by atoms with Crippen molar-refractivity contribution < 1.29 is 14.6 Å². The zero-order chi connectivity index (χ0) is 9.68. The summed E-state index contributed by atoms with van der Waals surface area (Å²) in [7, 11) is 0. The molecule has 1 aromatic rings. The van der Waals surface area contributed by atoms with E-state index in [4.69, 9.17) is 9.84 Å². The summed E-state index contributed by atoms with van der Waals surface area (Å²) < 4.78 is 4.88. The van der Waals surface area contributed by atoms with Crippen molar-refractivity contribution in [2.24, 2.45) is 0 Å². The molecule has 0 bridgehead atoms. The highest BCUT2D eigenvalue weighted by Crippen LogP contribution is 2.13. The van der Waals surface area contributed by atoms with Crippen LogP contribution >= 0.6 is 0 Å². The molecule has 13 heavy (non-hydrogen) atoms. The molecule has 0 fully saturated rings. The number of esters is 1. The summed E-state index contributed by atoms with van der Waals surface area (Å²) in [6, 6.07) is 7.13. The van der Waals surface area contributed by atoms with Crippen molar-refractivity contribution in [3.8, 4) is 5.75 Å². The molecule has 3 nitrogen and oxygen atoms in total. The molecule has 0 atom stereocenters. The first-order valence-corrected chi connectivity index (χ1v) is 4.10. The molecule has 0 unspecified atom stereocenters. The van der Waals surface area contributed by atoms with Crippen LogP contribution in [0.2, 0.25) is 0 Å². The maximum absolute atomic E-state index is 10.6. The Balaban J connectivity index is 2.73. The van der Waals surface area contributed by atoms with Gasteiger partial charge >= 0.3 is 5.97 Å². The molecule has 0 spiro atoms. The fourth-order valence-electron chi connectivity index (χ4n) is 1.06. The zero-order valence-corrected chi connectivity index (χ0v) is 7.49. The SMILES string of the molecule is CC(=O)Oc1cccc(CCO)c1. The number of rotatable bonds is 3. The van der Waals surface area contributed by atoms with Crippen LogP contribution in [0.5, 0.6) is 5.75 Å². The quantitative estimate of drug-likeness (QED) is 0.560. The number of aliphatic hydroxyl groups is 1. The summed E-state index contributed by atoms with van der Waals surface area (Å²) in [6.45, 7) is 1.46.